The van der Waals surface area contributed by atoms with Gasteiger partial charge < -0.3 is 14.5 Å². The van der Waals surface area contributed by atoms with Gasteiger partial charge in [-0.2, -0.15) is 5.10 Å². The van der Waals surface area contributed by atoms with Crippen LogP contribution in [0.2, 0.25) is 0 Å². The van der Waals surface area contributed by atoms with Crippen LogP contribution in [0.4, 0.5) is 0 Å². The largest absolute Gasteiger partial charge is 0.493 e. The first-order valence-corrected chi connectivity index (χ1v) is 10.6. The van der Waals surface area contributed by atoms with E-state index in [1.165, 1.54) is 0 Å². The Balaban J connectivity index is 1.49. The van der Waals surface area contributed by atoms with Crippen molar-refractivity contribution in [1.82, 2.24) is 19.6 Å². The Hall–Kier alpha value is -3.84. The Kier molecular flexibility index (Phi) is 3.97. The smallest absolute Gasteiger partial charge is 0.162 e. The van der Waals surface area contributed by atoms with E-state index in [9.17, 15) is 0 Å². The van der Waals surface area contributed by atoms with E-state index in [-0.39, 0.29) is 0 Å². The van der Waals surface area contributed by atoms with Crippen LogP contribution >= 0.6 is 11.3 Å². The first-order chi connectivity index (χ1) is 15.2. The highest BCUT2D eigenvalue weighted by Crippen LogP contribution is 2.40. The minimum absolute atomic E-state index is 0.720. The predicted molar refractivity (Wildman–Crippen MR) is 124 cm³/mol. The van der Waals surface area contributed by atoms with Gasteiger partial charge in [-0.05, 0) is 47.9 Å². The summed E-state index contributed by atoms with van der Waals surface area (Å²) in [6, 6.07) is 18.6. The van der Waals surface area contributed by atoms with Crippen molar-refractivity contribution in [2.75, 3.05) is 14.2 Å². The second kappa shape index (κ2) is 6.85. The van der Waals surface area contributed by atoms with E-state index in [1.807, 2.05) is 41.2 Å². The molecule has 0 spiro atoms. The number of benzene rings is 2. The summed E-state index contributed by atoms with van der Waals surface area (Å²) in [6.45, 7) is 0. The maximum absolute atomic E-state index is 5.45. The Labute approximate surface area is 181 Å². The number of rotatable bonds is 4. The highest BCUT2D eigenvalue weighted by atomic mass is 32.1. The third kappa shape index (κ3) is 2.85. The summed E-state index contributed by atoms with van der Waals surface area (Å²) in [4.78, 5) is 8.88. The van der Waals surface area contributed by atoms with E-state index in [1.54, 1.807) is 25.6 Å². The van der Waals surface area contributed by atoms with E-state index in [4.69, 9.17) is 14.6 Å². The van der Waals surface area contributed by atoms with E-state index < -0.39 is 0 Å². The maximum atomic E-state index is 5.45. The molecule has 6 rings (SSSR count). The zero-order chi connectivity index (χ0) is 20.9. The molecule has 0 radical (unpaired) electrons. The molecule has 0 amide bonds. The van der Waals surface area contributed by atoms with Gasteiger partial charge in [-0.15, -0.1) is 11.3 Å². The molecule has 0 aliphatic carbocycles. The highest BCUT2D eigenvalue weighted by Gasteiger charge is 2.14. The fourth-order valence-corrected chi connectivity index (χ4v) is 4.97. The summed E-state index contributed by atoms with van der Waals surface area (Å²) >= 11 is 1.68. The van der Waals surface area contributed by atoms with Crippen molar-refractivity contribution in [3.8, 4) is 33.3 Å². The molecule has 0 saturated heterocycles. The number of thiophene rings is 1. The molecule has 0 unspecified atom stereocenters. The third-order valence-electron chi connectivity index (χ3n) is 5.49. The minimum Gasteiger partial charge on any atom is -0.493 e. The first kappa shape index (κ1) is 18.0. The third-order valence-corrected chi connectivity index (χ3v) is 6.61. The van der Waals surface area contributed by atoms with Crippen LogP contribution in [-0.2, 0) is 0 Å². The van der Waals surface area contributed by atoms with Gasteiger partial charge >= 0.3 is 0 Å². The highest BCUT2D eigenvalue weighted by molar-refractivity contribution is 7.22. The van der Waals surface area contributed by atoms with Crippen LogP contribution in [0.25, 0.3) is 48.5 Å². The van der Waals surface area contributed by atoms with Crippen LogP contribution < -0.4 is 9.47 Å². The van der Waals surface area contributed by atoms with Gasteiger partial charge in [0.2, 0.25) is 0 Å². The van der Waals surface area contributed by atoms with Crippen LogP contribution in [0.3, 0.4) is 0 Å². The Morgan fingerprint density at radius 3 is 2.65 bits per heavy atom. The molecule has 0 fully saturated rings. The quantitative estimate of drug-likeness (QED) is 0.388. The number of nitrogens with one attached hydrogen (secondary N) is 1. The zero-order valence-corrected chi connectivity index (χ0v) is 17.7. The number of aromatic amines is 1. The fraction of sp³-hybridized carbons (Fsp3) is 0.0833. The molecule has 0 saturated carbocycles. The molecule has 0 atom stereocenters. The molecule has 6 aromatic rings. The number of methoxy groups -OCH3 is 2. The summed E-state index contributed by atoms with van der Waals surface area (Å²) in [5.74, 6) is 1.44. The van der Waals surface area contributed by atoms with Gasteiger partial charge in [0, 0.05) is 33.4 Å². The van der Waals surface area contributed by atoms with Crippen LogP contribution in [-0.4, -0.2) is 33.8 Å². The number of hydrogen-bond acceptors (Lipinski definition) is 5. The lowest BCUT2D eigenvalue weighted by atomic mass is 10.1. The van der Waals surface area contributed by atoms with E-state index in [0.717, 1.165) is 60.0 Å². The Morgan fingerprint density at radius 1 is 0.903 bits per heavy atom. The summed E-state index contributed by atoms with van der Waals surface area (Å²) in [5, 5.41) is 7.18. The lowest BCUT2D eigenvalue weighted by Gasteiger charge is -2.06. The molecule has 0 bridgehead atoms. The second-order valence-electron chi connectivity index (χ2n) is 7.27. The van der Waals surface area contributed by atoms with Gasteiger partial charge in [0.15, 0.2) is 17.1 Å². The molecule has 6 nitrogen and oxygen atoms in total. The molecular weight excluding hydrogens is 408 g/mol. The van der Waals surface area contributed by atoms with Gasteiger partial charge in [0.25, 0.3) is 0 Å². The van der Waals surface area contributed by atoms with E-state index in [2.05, 4.69) is 40.3 Å². The SMILES string of the molecule is COc1cc2cc(-c3cnc4ccc(-c5ccc6[nH]ccc6c5)nn34)sc2cc1OC. The number of hydrogen-bond donors (Lipinski definition) is 1. The monoisotopic (exact) mass is 426 g/mol. The van der Waals surface area contributed by atoms with Crippen molar-refractivity contribution in [1.29, 1.82) is 0 Å². The van der Waals surface area contributed by atoms with Crippen molar-refractivity contribution in [3.63, 3.8) is 0 Å². The number of imidazole rings is 1. The lowest BCUT2D eigenvalue weighted by molar-refractivity contribution is 0.356. The predicted octanol–water partition coefficient (Wildman–Crippen LogP) is 5.78. The molecule has 152 valence electrons. The number of aromatic nitrogens is 4. The molecule has 0 aliphatic rings. The van der Waals surface area contributed by atoms with Gasteiger partial charge in [0.05, 0.1) is 31.0 Å². The van der Waals surface area contributed by atoms with Crippen molar-refractivity contribution < 1.29 is 9.47 Å². The standard InChI is InChI=1S/C24H18N4O2S/c1-29-20-10-16-11-23(31-22(16)12-21(20)30-2)19-13-26-24-6-5-18(27-28(19)24)14-3-4-17-15(9-14)7-8-25-17/h3-13,25H,1-2H3. The van der Waals surface area contributed by atoms with Gasteiger partial charge in [-0.3, -0.25) is 0 Å². The number of H-pyrrole nitrogens is 1. The normalized spacial score (nSPS) is 11.5. The van der Waals surface area contributed by atoms with Crippen molar-refractivity contribution in [2.45, 2.75) is 0 Å². The molecule has 2 aromatic carbocycles. The second-order valence-corrected chi connectivity index (χ2v) is 8.35. The molecule has 31 heavy (non-hydrogen) atoms. The maximum Gasteiger partial charge on any atom is 0.162 e. The topological polar surface area (TPSA) is 64.4 Å². The molecular formula is C24H18N4O2S. The summed E-state index contributed by atoms with van der Waals surface area (Å²) in [6.07, 6.45) is 3.82. The van der Waals surface area contributed by atoms with Gasteiger partial charge in [-0.25, -0.2) is 9.50 Å². The summed E-state index contributed by atoms with van der Waals surface area (Å²) < 4.78 is 13.9. The van der Waals surface area contributed by atoms with E-state index >= 15 is 0 Å². The molecule has 4 aromatic heterocycles. The summed E-state index contributed by atoms with van der Waals surface area (Å²) in [5.41, 5.74) is 4.86. The fourth-order valence-electron chi connectivity index (χ4n) is 3.90. The van der Waals surface area contributed by atoms with Crippen LogP contribution in [0.1, 0.15) is 0 Å². The molecule has 0 aliphatic heterocycles. The number of nitrogens with zero attached hydrogens (tertiary/aromatic N) is 3. The summed E-state index contributed by atoms with van der Waals surface area (Å²) in [7, 11) is 3.30. The van der Waals surface area contributed by atoms with Crippen molar-refractivity contribution >= 4 is 38.0 Å². The van der Waals surface area contributed by atoms with E-state index in [0.29, 0.717) is 0 Å². The zero-order valence-electron chi connectivity index (χ0n) is 16.9. The van der Waals surface area contributed by atoms with Crippen LogP contribution in [0.5, 0.6) is 11.5 Å². The van der Waals surface area contributed by atoms with Crippen molar-refractivity contribution in [2.24, 2.45) is 0 Å². The Morgan fingerprint density at radius 2 is 1.77 bits per heavy atom. The number of ether oxygens (including phenoxy) is 2. The molecule has 7 heteroatoms. The minimum atomic E-state index is 0.720. The van der Waals surface area contributed by atoms with Gasteiger partial charge in [-0.1, -0.05) is 6.07 Å². The number of fused-ring (bicyclic) bond motifs is 3. The Bertz CT molecular complexity index is 1540. The average Bonchev–Trinajstić information content (AvgIpc) is 3.53. The van der Waals surface area contributed by atoms with Gasteiger partial charge in [0.1, 0.15) is 5.69 Å². The molecule has 4 heterocycles. The van der Waals surface area contributed by atoms with Crippen molar-refractivity contribution in [3.05, 3.63) is 67.0 Å². The average molecular weight is 427 g/mol. The van der Waals surface area contributed by atoms with Crippen LogP contribution in [0, 0.1) is 0 Å². The lowest BCUT2D eigenvalue weighted by Crippen LogP contribution is -1.96. The van der Waals surface area contributed by atoms with Crippen LogP contribution in [0.15, 0.2) is 67.0 Å². The first-order valence-electron chi connectivity index (χ1n) is 9.82. The molecule has 1 N–H and O–H groups in total.